The van der Waals surface area contributed by atoms with Crippen molar-refractivity contribution in [2.24, 2.45) is 4.99 Å². The van der Waals surface area contributed by atoms with Crippen LogP contribution in [0.4, 0.5) is 9.59 Å². The number of imidazole rings is 1. The van der Waals surface area contributed by atoms with Crippen LogP contribution >= 0.6 is 0 Å². The minimum Gasteiger partial charge on any atom is -0.488 e. The van der Waals surface area contributed by atoms with Gasteiger partial charge in [0.15, 0.2) is 12.4 Å². The molecule has 5 aromatic rings. The fourth-order valence-corrected chi connectivity index (χ4v) is 8.62. The number of carbonyl (C=O) groups excluding carboxylic acids is 4. The van der Waals surface area contributed by atoms with E-state index in [0.29, 0.717) is 43.9 Å². The van der Waals surface area contributed by atoms with Gasteiger partial charge in [-0.15, -0.1) is 0 Å². The van der Waals surface area contributed by atoms with Gasteiger partial charge in [-0.2, -0.15) is 0 Å². The van der Waals surface area contributed by atoms with E-state index in [1.165, 1.54) is 6.20 Å². The van der Waals surface area contributed by atoms with Crippen molar-refractivity contribution in [3.05, 3.63) is 125 Å². The topological polar surface area (TPSA) is 153 Å². The van der Waals surface area contributed by atoms with Crippen LogP contribution < -0.4 is 4.74 Å². The number of H-pyrrole nitrogens is 1. The van der Waals surface area contributed by atoms with E-state index in [0.717, 1.165) is 74.9 Å². The number of benzene rings is 4. The van der Waals surface area contributed by atoms with Crippen LogP contribution in [0, 0.1) is 0 Å². The quantitative estimate of drug-likeness (QED) is 0.0871. The molecule has 2 amide bonds. The fourth-order valence-electron chi connectivity index (χ4n) is 8.62. The summed E-state index contributed by atoms with van der Waals surface area (Å²) in [6, 6.07) is 24.8. The summed E-state index contributed by atoms with van der Waals surface area (Å²) >= 11 is 0. The lowest BCUT2D eigenvalue weighted by atomic mass is 9.90. The molecule has 5 heterocycles. The number of hydrogen-bond acceptors (Lipinski definition) is 10. The number of likely N-dealkylation sites (tertiary alicyclic amines) is 2. The Balaban J connectivity index is 0.812. The molecular formula is C48H47N5O8. The zero-order chi connectivity index (χ0) is 42.3. The Morgan fingerprint density at radius 3 is 2.43 bits per heavy atom. The minimum absolute atomic E-state index is 0.0632. The summed E-state index contributed by atoms with van der Waals surface area (Å²) in [5.74, 6) is 0.134. The number of nitrogens with zero attached hydrogens (tertiary/aromatic N) is 4. The number of allylic oxidation sites excluding steroid dienone is 1. The molecule has 1 N–H and O–H groups in total. The molecule has 61 heavy (non-hydrogen) atoms. The first-order chi connectivity index (χ1) is 29.5. The van der Waals surface area contributed by atoms with Gasteiger partial charge in [0.25, 0.3) is 0 Å². The Morgan fingerprint density at radius 2 is 1.62 bits per heavy atom. The predicted molar refractivity (Wildman–Crippen MR) is 228 cm³/mol. The second-order valence-electron chi connectivity index (χ2n) is 16.9. The molecule has 312 valence electrons. The van der Waals surface area contributed by atoms with Crippen molar-refractivity contribution < 1.29 is 38.1 Å². The van der Waals surface area contributed by atoms with Gasteiger partial charge in [0.1, 0.15) is 36.1 Å². The van der Waals surface area contributed by atoms with Crippen molar-refractivity contribution in [1.29, 1.82) is 0 Å². The number of carbonyl (C=O) groups is 4. The highest BCUT2D eigenvalue weighted by molar-refractivity contribution is 6.05. The van der Waals surface area contributed by atoms with E-state index in [-0.39, 0.29) is 36.3 Å². The van der Waals surface area contributed by atoms with E-state index in [1.807, 2.05) is 80.4 Å². The van der Waals surface area contributed by atoms with Crippen LogP contribution in [-0.2, 0) is 27.4 Å². The first kappa shape index (κ1) is 39.7. The predicted octanol–water partition coefficient (Wildman–Crippen LogP) is 9.22. The molecule has 0 spiro atoms. The third-order valence-corrected chi connectivity index (χ3v) is 11.6. The third kappa shape index (κ3) is 8.24. The zero-order valence-electron chi connectivity index (χ0n) is 34.4. The molecule has 0 bridgehead atoms. The molecule has 2 atom stereocenters. The summed E-state index contributed by atoms with van der Waals surface area (Å²) < 4.78 is 23.0. The molecule has 4 aliphatic rings. The summed E-state index contributed by atoms with van der Waals surface area (Å²) in [6.07, 6.45) is 6.44. The van der Waals surface area contributed by atoms with Gasteiger partial charge in [-0.3, -0.25) is 19.6 Å². The molecule has 2 fully saturated rings. The smallest absolute Gasteiger partial charge is 0.410 e. The van der Waals surface area contributed by atoms with Crippen molar-refractivity contribution in [2.75, 3.05) is 19.7 Å². The largest absolute Gasteiger partial charge is 0.488 e. The molecular weight excluding hydrogens is 775 g/mol. The lowest BCUT2D eigenvalue weighted by molar-refractivity contribution is 0.0265. The number of hydrogen-bond donors (Lipinski definition) is 1. The maximum Gasteiger partial charge on any atom is 0.410 e. The SMILES string of the molecule is CC(C)(C)OC(=O)N1CCC[C@H]1C1=NC=C(c2ccc3c(c2)COc2c-3ccc3cc(C(=O)COC(=O)c4cnc([C@@H]5CCCN5C(=O)OCc5ccccc5)[nH]4)ccc23)C1. The van der Waals surface area contributed by atoms with Crippen LogP contribution in [0.15, 0.2) is 96.3 Å². The van der Waals surface area contributed by atoms with Crippen molar-refractivity contribution in [2.45, 2.75) is 83.8 Å². The number of aliphatic imine (C=N–C) groups is 1. The number of aromatic nitrogens is 2. The minimum atomic E-state index is -0.718. The van der Waals surface area contributed by atoms with Gasteiger partial charge >= 0.3 is 18.2 Å². The second kappa shape index (κ2) is 16.4. The molecule has 13 heteroatoms. The maximum atomic E-state index is 13.3. The number of nitrogens with one attached hydrogen (secondary N) is 1. The summed E-state index contributed by atoms with van der Waals surface area (Å²) in [7, 11) is 0. The van der Waals surface area contributed by atoms with Crippen molar-refractivity contribution in [3.63, 3.8) is 0 Å². The number of esters is 1. The van der Waals surface area contributed by atoms with Crippen LogP contribution in [0.5, 0.6) is 5.75 Å². The van der Waals surface area contributed by atoms with Gasteiger partial charge in [0, 0.05) is 47.9 Å². The Kier molecular flexibility index (Phi) is 10.6. The van der Waals surface area contributed by atoms with Crippen LogP contribution in [0.2, 0.25) is 0 Å². The number of ether oxygens (including phenoxy) is 4. The van der Waals surface area contributed by atoms with Crippen LogP contribution in [0.25, 0.3) is 27.5 Å². The van der Waals surface area contributed by atoms with E-state index in [1.54, 1.807) is 17.0 Å². The lowest BCUT2D eigenvalue weighted by Crippen LogP contribution is -2.43. The van der Waals surface area contributed by atoms with Crippen LogP contribution in [-0.4, -0.2) is 80.8 Å². The summed E-state index contributed by atoms with van der Waals surface area (Å²) in [6.45, 7) is 6.91. The Morgan fingerprint density at radius 1 is 0.852 bits per heavy atom. The third-order valence-electron chi connectivity index (χ3n) is 11.6. The summed E-state index contributed by atoms with van der Waals surface area (Å²) in [5, 5.41) is 1.70. The first-order valence-electron chi connectivity index (χ1n) is 20.8. The molecule has 0 saturated carbocycles. The molecule has 0 radical (unpaired) electrons. The lowest BCUT2D eigenvalue weighted by Gasteiger charge is -2.28. The average molecular weight is 822 g/mol. The van der Waals surface area contributed by atoms with E-state index >= 15 is 0 Å². The molecule has 2 saturated heterocycles. The number of ketones is 1. The first-order valence-corrected chi connectivity index (χ1v) is 20.8. The molecule has 1 aromatic heterocycles. The fraction of sp³-hybridized carbons (Fsp3) is 0.333. The van der Waals surface area contributed by atoms with Gasteiger partial charge in [0.2, 0.25) is 0 Å². The summed E-state index contributed by atoms with van der Waals surface area (Å²) in [4.78, 5) is 67.7. The second-order valence-corrected chi connectivity index (χ2v) is 16.9. The molecule has 0 aliphatic carbocycles. The highest BCUT2D eigenvalue weighted by Crippen LogP contribution is 2.44. The molecule has 0 unspecified atom stereocenters. The van der Waals surface area contributed by atoms with E-state index < -0.39 is 24.3 Å². The number of aromatic amines is 1. The summed E-state index contributed by atoms with van der Waals surface area (Å²) in [5.41, 5.74) is 7.10. The highest BCUT2D eigenvalue weighted by atomic mass is 16.6. The van der Waals surface area contributed by atoms with Crippen molar-refractivity contribution in [1.82, 2.24) is 19.8 Å². The Hall–Kier alpha value is -6.76. The van der Waals surface area contributed by atoms with E-state index in [9.17, 15) is 19.2 Å². The van der Waals surface area contributed by atoms with Gasteiger partial charge in [-0.1, -0.05) is 60.7 Å². The monoisotopic (exact) mass is 821 g/mol. The van der Waals surface area contributed by atoms with Gasteiger partial charge in [0.05, 0.1) is 18.3 Å². The van der Waals surface area contributed by atoms with E-state index in [2.05, 4.69) is 28.2 Å². The molecule has 13 nitrogen and oxygen atoms in total. The average Bonchev–Trinajstić information content (AvgIpc) is 4.11. The van der Waals surface area contributed by atoms with Gasteiger partial charge < -0.3 is 23.9 Å². The Labute approximate surface area is 353 Å². The number of Topliss-reactive ketones (excluding diaryl/α,β-unsaturated/α-hetero) is 1. The van der Waals surface area contributed by atoms with E-state index in [4.69, 9.17) is 23.9 Å². The number of fused-ring (bicyclic) bond motifs is 5. The normalized spacial score (nSPS) is 18.2. The number of amides is 2. The molecule has 4 aromatic carbocycles. The Bertz CT molecular complexity index is 2610. The molecule has 4 aliphatic heterocycles. The highest BCUT2D eigenvalue weighted by Gasteiger charge is 2.37. The van der Waals surface area contributed by atoms with Crippen LogP contribution in [0.1, 0.15) is 102 Å². The van der Waals surface area contributed by atoms with Crippen molar-refractivity contribution >= 4 is 46.0 Å². The standard InChI is InChI=1S/C48H47N5O8/c1-48(2,3)61-47(57)52-19-7-11-40(52)38-23-33(24-49-38)30-13-16-35-34(21-30)27-58-43-36-17-15-32(22-31(36)14-18-37(35)43)42(54)28-59-45(55)39-25-50-44(51-39)41-12-8-20-53(41)46(56)60-26-29-9-5-4-6-10-29/h4-6,9-10,13-18,21-22,24-25,40-41H,7-8,11-12,19-20,23,26-28H2,1-3H3,(H,50,51)/t40-,41-/m0/s1. The maximum absolute atomic E-state index is 13.3. The van der Waals surface area contributed by atoms with Crippen LogP contribution in [0.3, 0.4) is 0 Å². The molecule has 9 rings (SSSR count). The van der Waals surface area contributed by atoms with Gasteiger partial charge in [-0.25, -0.2) is 19.4 Å². The number of rotatable bonds is 9. The zero-order valence-corrected chi connectivity index (χ0v) is 34.4. The van der Waals surface area contributed by atoms with Crippen molar-refractivity contribution in [3.8, 4) is 16.9 Å². The van der Waals surface area contributed by atoms with Gasteiger partial charge in [-0.05, 0) is 97.9 Å².